The van der Waals surface area contributed by atoms with Crippen LogP contribution in [0.15, 0.2) is 18.3 Å². The summed E-state index contributed by atoms with van der Waals surface area (Å²) in [7, 11) is 2.05. The molecular formula is C14H20N4. The quantitative estimate of drug-likeness (QED) is 0.882. The Labute approximate surface area is 108 Å². The highest BCUT2D eigenvalue weighted by Crippen LogP contribution is 2.31. The molecule has 4 nitrogen and oxygen atoms in total. The van der Waals surface area contributed by atoms with Gasteiger partial charge in [-0.1, -0.05) is 12.8 Å². The summed E-state index contributed by atoms with van der Waals surface area (Å²) in [6.45, 7) is 0.719. The molecule has 0 bridgehead atoms. The summed E-state index contributed by atoms with van der Waals surface area (Å²) >= 11 is 0. The summed E-state index contributed by atoms with van der Waals surface area (Å²) in [6, 6.07) is 6.44. The van der Waals surface area contributed by atoms with Crippen LogP contribution < -0.4 is 10.6 Å². The molecule has 96 valence electrons. The van der Waals surface area contributed by atoms with Crippen molar-refractivity contribution in [3.63, 3.8) is 0 Å². The SMILES string of the molecule is CN(c1cccnc1C#N)C1CCCCC1CN. The van der Waals surface area contributed by atoms with Gasteiger partial charge in [0.1, 0.15) is 6.07 Å². The fraction of sp³-hybridized carbons (Fsp3) is 0.571. The second kappa shape index (κ2) is 5.83. The molecule has 0 aliphatic heterocycles. The number of aromatic nitrogens is 1. The summed E-state index contributed by atoms with van der Waals surface area (Å²) in [6.07, 6.45) is 6.51. The van der Waals surface area contributed by atoms with Gasteiger partial charge in [0.05, 0.1) is 5.69 Å². The Kier molecular flexibility index (Phi) is 4.16. The van der Waals surface area contributed by atoms with Gasteiger partial charge in [-0.3, -0.25) is 0 Å². The van der Waals surface area contributed by atoms with E-state index < -0.39 is 0 Å². The van der Waals surface area contributed by atoms with Gasteiger partial charge in [-0.15, -0.1) is 0 Å². The van der Waals surface area contributed by atoms with Crippen LogP contribution in [0.4, 0.5) is 5.69 Å². The van der Waals surface area contributed by atoms with Gasteiger partial charge in [0, 0.05) is 19.3 Å². The van der Waals surface area contributed by atoms with Gasteiger partial charge in [-0.2, -0.15) is 5.26 Å². The number of nitrogens with two attached hydrogens (primary N) is 1. The maximum atomic E-state index is 9.12. The van der Waals surface area contributed by atoms with E-state index >= 15 is 0 Å². The number of rotatable bonds is 3. The van der Waals surface area contributed by atoms with Crippen LogP contribution in [0.25, 0.3) is 0 Å². The summed E-state index contributed by atoms with van der Waals surface area (Å²) in [5, 5.41) is 9.12. The van der Waals surface area contributed by atoms with E-state index in [1.807, 2.05) is 12.1 Å². The number of hydrogen-bond acceptors (Lipinski definition) is 4. The van der Waals surface area contributed by atoms with E-state index in [0.717, 1.165) is 18.7 Å². The summed E-state index contributed by atoms with van der Waals surface area (Å²) in [5.74, 6) is 0.524. The molecule has 1 saturated carbocycles. The average Bonchev–Trinajstić information content (AvgIpc) is 2.46. The smallest absolute Gasteiger partial charge is 0.163 e. The minimum atomic E-state index is 0.431. The van der Waals surface area contributed by atoms with Crippen molar-refractivity contribution in [2.75, 3.05) is 18.5 Å². The zero-order chi connectivity index (χ0) is 13.0. The number of nitrogens with zero attached hydrogens (tertiary/aromatic N) is 3. The lowest BCUT2D eigenvalue weighted by Gasteiger charge is -2.38. The largest absolute Gasteiger partial charge is 0.369 e. The third-order valence-corrected chi connectivity index (χ3v) is 3.94. The Morgan fingerprint density at radius 2 is 2.28 bits per heavy atom. The Bertz CT molecular complexity index is 438. The fourth-order valence-electron chi connectivity index (χ4n) is 2.92. The van der Waals surface area contributed by atoms with Crippen LogP contribution in [0.1, 0.15) is 31.4 Å². The van der Waals surface area contributed by atoms with Crippen LogP contribution in [0.5, 0.6) is 0 Å². The molecule has 2 atom stereocenters. The first-order valence-corrected chi connectivity index (χ1v) is 6.56. The van der Waals surface area contributed by atoms with Gasteiger partial charge >= 0.3 is 0 Å². The van der Waals surface area contributed by atoms with E-state index in [4.69, 9.17) is 11.0 Å². The van der Waals surface area contributed by atoms with Crippen molar-refractivity contribution < 1.29 is 0 Å². The maximum absolute atomic E-state index is 9.12. The van der Waals surface area contributed by atoms with Crippen molar-refractivity contribution in [2.45, 2.75) is 31.7 Å². The van der Waals surface area contributed by atoms with Gasteiger partial charge < -0.3 is 10.6 Å². The van der Waals surface area contributed by atoms with Crippen LogP contribution in [0.2, 0.25) is 0 Å². The third-order valence-electron chi connectivity index (χ3n) is 3.94. The number of nitriles is 1. The minimum Gasteiger partial charge on any atom is -0.369 e. The van der Waals surface area contributed by atoms with Crippen molar-refractivity contribution in [2.24, 2.45) is 11.7 Å². The lowest BCUT2D eigenvalue weighted by Crippen LogP contribution is -2.43. The van der Waals surface area contributed by atoms with Gasteiger partial charge in [0.2, 0.25) is 0 Å². The van der Waals surface area contributed by atoms with Gasteiger partial charge in [0.15, 0.2) is 5.69 Å². The first-order chi connectivity index (χ1) is 8.77. The first-order valence-electron chi connectivity index (χ1n) is 6.56. The monoisotopic (exact) mass is 244 g/mol. The van der Waals surface area contributed by atoms with Crippen molar-refractivity contribution >= 4 is 5.69 Å². The lowest BCUT2D eigenvalue weighted by molar-refractivity contribution is 0.306. The molecule has 0 amide bonds. The number of pyridine rings is 1. The van der Waals surface area contributed by atoms with Crippen molar-refractivity contribution in [1.29, 1.82) is 5.26 Å². The van der Waals surface area contributed by atoms with Gasteiger partial charge in [-0.05, 0) is 37.4 Å². The molecule has 1 fully saturated rings. The molecule has 1 aliphatic rings. The molecule has 4 heteroatoms. The van der Waals surface area contributed by atoms with Crippen LogP contribution >= 0.6 is 0 Å². The lowest BCUT2D eigenvalue weighted by atomic mass is 9.83. The van der Waals surface area contributed by atoms with E-state index in [-0.39, 0.29) is 0 Å². The zero-order valence-corrected chi connectivity index (χ0v) is 10.8. The summed E-state index contributed by atoms with van der Waals surface area (Å²) in [4.78, 5) is 6.33. The van der Waals surface area contributed by atoms with Crippen molar-refractivity contribution in [1.82, 2.24) is 4.98 Å². The molecule has 2 rings (SSSR count). The summed E-state index contributed by atoms with van der Waals surface area (Å²) in [5.41, 5.74) is 7.30. The highest BCUT2D eigenvalue weighted by molar-refractivity contribution is 5.55. The molecule has 0 aromatic carbocycles. The van der Waals surface area contributed by atoms with Crippen molar-refractivity contribution in [3.8, 4) is 6.07 Å². The highest BCUT2D eigenvalue weighted by atomic mass is 15.1. The highest BCUT2D eigenvalue weighted by Gasteiger charge is 2.28. The normalized spacial score (nSPS) is 23.4. The van der Waals surface area contributed by atoms with E-state index in [2.05, 4.69) is 23.0 Å². The topological polar surface area (TPSA) is 65.9 Å². The number of anilines is 1. The molecule has 1 aliphatic carbocycles. The minimum absolute atomic E-state index is 0.431. The second-order valence-corrected chi connectivity index (χ2v) is 4.94. The van der Waals surface area contributed by atoms with Crippen LogP contribution in [-0.2, 0) is 0 Å². The van der Waals surface area contributed by atoms with E-state index in [1.165, 1.54) is 19.3 Å². The molecule has 18 heavy (non-hydrogen) atoms. The Balaban J connectivity index is 2.24. The molecule has 0 radical (unpaired) electrons. The average molecular weight is 244 g/mol. The van der Waals surface area contributed by atoms with Crippen LogP contribution in [0, 0.1) is 17.2 Å². The van der Waals surface area contributed by atoms with E-state index in [0.29, 0.717) is 17.7 Å². The molecule has 0 spiro atoms. The predicted molar refractivity (Wildman–Crippen MR) is 72.2 cm³/mol. The molecular weight excluding hydrogens is 224 g/mol. The van der Waals surface area contributed by atoms with E-state index in [1.54, 1.807) is 6.20 Å². The predicted octanol–water partition coefficient (Wildman–Crippen LogP) is 1.91. The first kappa shape index (κ1) is 12.8. The fourth-order valence-corrected chi connectivity index (χ4v) is 2.92. The Morgan fingerprint density at radius 3 is 3.00 bits per heavy atom. The molecule has 1 heterocycles. The standard InChI is InChI=1S/C14H20N4/c1-18(13-6-3-2-5-11(13)9-15)14-7-4-8-17-12(14)10-16/h4,7-8,11,13H,2-3,5-6,9,15H2,1H3. The van der Waals surface area contributed by atoms with Gasteiger partial charge in [0.25, 0.3) is 0 Å². The van der Waals surface area contributed by atoms with E-state index in [9.17, 15) is 0 Å². The van der Waals surface area contributed by atoms with Crippen LogP contribution in [-0.4, -0.2) is 24.6 Å². The zero-order valence-electron chi connectivity index (χ0n) is 10.8. The molecule has 0 saturated heterocycles. The van der Waals surface area contributed by atoms with Crippen molar-refractivity contribution in [3.05, 3.63) is 24.0 Å². The summed E-state index contributed by atoms with van der Waals surface area (Å²) < 4.78 is 0. The molecule has 2 N–H and O–H groups in total. The maximum Gasteiger partial charge on any atom is 0.163 e. The molecule has 1 aromatic rings. The Hall–Kier alpha value is -1.60. The second-order valence-electron chi connectivity index (χ2n) is 4.94. The molecule has 1 aromatic heterocycles. The third kappa shape index (κ3) is 2.46. The van der Waals surface area contributed by atoms with Crippen LogP contribution in [0.3, 0.4) is 0 Å². The number of hydrogen-bond donors (Lipinski definition) is 1. The molecule has 2 unspecified atom stereocenters. The van der Waals surface area contributed by atoms with Gasteiger partial charge in [-0.25, -0.2) is 4.98 Å². The Morgan fingerprint density at radius 1 is 1.50 bits per heavy atom.